The number of rotatable bonds is 6. The molecule has 3 aromatic carbocycles. The molecule has 0 N–H and O–H groups in total. The summed E-state index contributed by atoms with van der Waals surface area (Å²) in [7, 11) is 0.247. The van der Waals surface area contributed by atoms with Crippen LogP contribution >= 0.6 is 0 Å². The minimum atomic E-state index is -3.13. The zero-order valence-corrected chi connectivity index (χ0v) is 22.3. The van der Waals surface area contributed by atoms with Crippen LogP contribution in [0.1, 0.15) is 40.5 Å². The van der Waals surface area contributed by atoms with Crippen molar-refractivity contribution < 1.29 is 22.4 Å². The lowest BCUT2D eigenvalue weighted by atomic mass is 9.83. The maximum absolute atomic E-state index is 13.7. The highest BCUT2D eigenvalue weighted by Gasteiger charge is 2.40. The number of aromatic nitrogens is 2. The highest BCUT2D eigenvalue weighted by molar-refractivity contribution is 7.91. The van der Waals surface area contributed by atoms with Crippen LogP contribution in [0.25, 0.3) is 27.8 Å². The van der Waals surface area contributed by atoms with Gasteiger partial charge in [-0.25, -0.2) is 17.5 Å². The Kier molecular flexibility index (Phi) is 6.43. The molecule has 1 saturated heterocycles. The molecule has 9 heteroatoms. The number of halogens is 1. The Hall–Kier alpha value is -3.85. The van der Waals surface area contributed by atoms with E-state index in [0.29, 0.717) is 34.4 Å². The number of sulfone groups is 1. The number of nitrogens with zero attached hydrogens (tertiary/aromatic N) is 3. The van der Waals surface area contributed by atoms with Gasteiger partial charge in [0.25, 0.3) is 5.91 Å². The average Bonchev–Trinajstić information content (AvgIpc) is 3.39. The second kappa shape index (κ2) is 9.47. The molecule has 1 aliphatic heterocycles. The quantitative estimate of drug-likeness (QED) is 0.328. The SMILES string of the molecule is CN(C)C(=O)c1cccc(-c2nn(-c3ccc(F)cc3)c3cc(C(=O)CC4(C)CCS(=O)(=O)C4)ccc23)c1. The molecule has 1 atom stereocenters. The number of carbonyl (C=O) groups is 2. The molecule has 1 amide bonds. The van der Waals surface area contributed by atoms with Crippen molar-refractivity contribution in [2.45, 2.75) is 19.8 Å². The number of amides is 1. The fourth-order valence-electron chi connectivity index (χ4n) is 5.04. The first kappa shape index (κ1) is 25.8. The van der Waals surface area contributed by atoms with E-state index in [1.165, 1.54) is 17.0 Å². The number of fused-ring (bicyclic) bond motifs is 1. The Morgan fingerprint density at radius 1 is 1.03 bits per heavy atom. The Labute approximate surface area is 220 Å². The van der Waals surface area contributed by atoms with Crippen LogP contribution in [-0.4, -0.2) is 60.4 Å². The molecule has 4 aromatic rings. The minimum Gasteiger partial charge on any atom is -0.345 e. The van der Waals surface area contributed by atoms with Crippen molar-refractivity contribution in [1.29, 1.82) is 0 Å². The molecule has 1 unspecified atom stereocenters. The van der Waals surface area contributed by atoms with Gasteiger partial charge in [-0.2, -0.15) is 5.10 Å². The molecular formula is C29H28FN3O4S. The number of hydrogen-bond donors (Lipinski definition) is 0. The van der Waals surface area contributed by atoms with Gasteiger partial charge in [-0.05, 0) is 60.4 Å². The van der Waals surface area contributed by atoms with Crippen LogP contribution in [0, 0.1) is 11.2 Å². The van der Waals surface area contributed by atoms with Crippen LogP contribution in [0.5, 0.6) is 0 Å². The maximum atomic E-state index is 13.7. The summed E-state index contributed by atoms with van der Waals surface area (Å²) in [5.74, 6) is -0.543. The van der Waals surface area contributed by atoms with Crippen molar-refractivity contribution in [2.24, 2.45) is 5.41 Å². The van der Waals surface area contributed by atoms with Gasteiger partial charge in [-0.1, -0.05) is 25.1 Å². The first-order valence-corrected chi connectivity index (χ1v) is 14.1. The second-order valence-corrected chi connectivity index (χ2v) is 12.7. The van der Waals surface area contributed by atoms with Gasteiger partial charge >= 0.3 is 0 Å². The summed E-state index contributed by atoms with van der Waals surface area (Å²) in [4.78, 5) is 27.4. The number of ketones is 1. The Balaban J connectivity index is 1.61. The van der Waals surface area contributed by atoms with Crippen LogP contribution in [0.4, 0.5) is 4.39 Å². The summed E-state index contributed by atoms with van der Waals surface area (Å²) in [6.45, 7) is 1.84. The molecule has 5 rings (SSSR count). The normalized spacial score (nSPS) is 18.5. The second-order valence-electron chi connectivity index (χ2n) is 10.5. The van der Waals surface area contributed by atoms with Crippen LogP contribution in [0.3, 0.4) is 0 Å². The molecule has 0 radical (unpaired) electrons. The van der Waals surface area contributed by atoms with Crippen molar-refractivity contribution in [2.75, 3.05) is 25.6 Å². The van der Waals surface area contributed by atoms with Crippen molar-refractivity contribution in [3.63, 3.8) is 0 Å². The lowest BCUT2D eigenvalue weighted by Gasteiger charge is -2.20. The van der Waals surface area contributed by atoms with Gasteiger partial charge < -0.3 is 4.90 Å². The molecule has 0 saturated carbocycles. The Morgan fingerprint density at radius 3 is 2.42 bits per heavy atom. The summed E-state index contributed by atoms with van der Waals surface area (Å²) in [6, 6.07) is 18.4. The van der Waals surface area contributed by atoms with Crippen LogP contribution in [0.15, 0.2) is 66.7 Å². The number of benzene rings is 3. The van der Waals surface area contributed by atoms with E-state index in [-0.39, 0.29) is 35.4 Å². The van der Waals surface area contributed by atoms with Gasteiger partial charge in [-0.3, -0.25) is 9.59 Å². The molecule has 2 heterocycles. The third kappa shape index (κ3) is 4.98. The van der Waals surface area contributed by atoms with Crippen molar-refractivity contribution in [3.05, 3.63) is 83.7 Å². The molecule has 1 fully saturated rings. The molecule has 1 aromatic heterocycles. The van der Waals surface area contributed by atoms with Gasteiger partial charge in [0.2, 0.25) is 0 Å². The standard InChI is InChI=1S/C29H28FN3O4S/c1-29(13-14-38(36,37)18-29)17-26(34)19-7-12-24-25(16-19)33(23-10-8-22(30)9-11-23)31-27(24)20-5-4-6-21(15-20)28(35)32(2)3/h4-12,15-16H,13-14,17-18H2,1-3H3. The molecule has 0 spiro atoms. The molecule has 0 aliphatic carbocycles. The van der Waals surface area contributed by atoms with E-state index in [2.05, 4.69) is 0 Å². The molecule has 1 aliphatic rings. The van der Waals surface area contributed by atoms with E-state index in [4.69, 9.17) is 5.10 Å². The van der Waals surface area contributed by atoms with E-state index in [0.717, 1.165) is 10.9 Å². The van der Waals surface area contributed by atoms with Crippen molar-refractivity contribution in [3.8, 4) is 16.9 Å². The molecule has 38 heavy (non-hydrogen) atoms. The predicted octanol–water partition coefficient (Wildman–Crippen LogP) is 4.93. The van der Waals surface area contributed by atoms with Gasteiger partial charge in [0.1, 0.15) is 11.5 Å². The summed E-state index contributed by atoms with van der Waals surface area (Å²) < 4.78 is 39.4. The zero-order valence-electron chi connectivity index (χ0n) is 21.4. The van der Waals surface area contributed by atoms with Crippen LogP contribution in [0.2, 0.25) is 0 Å². The average molecular weight is 534 g/mol. The van der Waals surface area contributed by atoms with Crippen molar-refractivity contribution >= 4 is 32.4 Å². The first-order chi connectivity index (χ1) is 17.9. The van der Waals surface area contributed by atoms with E-state index in [9.17, 15) is 22.4 Å². The first-order valence-electron chi connectivity index (χ1n) is 12.3. The van der Waals surface area contributed by atoms with Crippen molar-refractivity contribution in [1.82, 2.24) is 14.7 Å². The van der Waals surface area contributed by atoms with Crippen LogP contribution in [-0.2, 0) is 9.84 Å². The van der Waals surface area contributed by atoms with Gasteiger partial charge in [0.15, 0.2) is 15.6 Å². The summed E-state index contributed by atoms with van der Waals surface area (Å²) in [6.07, 6.45) is 0.590. The predicted molar refractivity (Wildman–Crippen MR) is 145 cm³/mol. The summed E-state index contributed by atoms with van der Waals surface area (Å²) in [5, 5.41) is 5.58. The Bertz CT molecular complexity index is 1680. The van der Waals surface area contributed by atoms with Gasteiger partial charge in [0.05, 0.1) is 22.7 Å². The third-order valence-corrected chi connectivity index (χ3v) is 9.00. The van der Waals surface area contributed by atoms with E-state index in [1.807, 2.05) is 19.1 Å². The maximum Gasteiger partial charge on any atom is 0.253 e. The smallest absolute Gasteiger partial charge is 0.253 e. The third-order valence-electron chi connectivity index (χ3n) is 7.04. The van der Waals surface area contributed by atoms with E-state index < -0.39 is 15.3 Å². The number of hydrogen-bond acceptors (Lipinski definition) is 5. The molecule has 7 nitrogen and oxygen atoms in total. The highest BCUT2D eigenvalue weighted by atomic mass is 32.2. The van der Waals surface area contributed by atoms with E-state index in [1.54, 1.807) is 61.2 Å². The Morgan fingerprint density at radius 2 is 1.76 bits per heavy atom. The lowest BCUT2D eigenvalue weighted by Crippen LogP contribution is -2.22. The molecular weight excluding hydrogens is 505 g/mol. The monoisotopic (exact) mass is 533 g/mol. The number of Topliss-reactive ketones (excluding diaryl/α,β-unsaturated/α-hetero) is 1. The fraction of sp³-hybridized carbons (Fsp3) is 0.276. The summed E-state index contributed by atoms with van der Waals surface area (Å²) >= 11 is 0. The van der Waals surface area contributed by atoms with Gasteiger partial charge in [-0.15, -0.1) is 0 Å². The zero-order chi connectivity index (χ0) is 27.2. The van der Waals surface area contributed by atoms with E-state index >= 15 is 0 Å². The number of carbonyl (C=O) groups excluding carboxylic acids is 2. The lowest BCUT2D eigenvalue weighted by molar-refractivity contribution is 0.0827. The topological polar surface area (TPSA) is 89.3 Å². The highest BCUT2D eigenvalue weighted by Crippen LogP contribution is 2.37. The van der Waals surface area contributed by atoms with Gasteiger partial charge in [0, 0.05) is 42.6 Å². The fourth-order valence-corrected chi connectivity index (χ4v) is 7.30. The molecule has 0 bridgehead atoms. The molecule has 196 valence electrons. The summed E-state index contributed by atoms with van der Waals surface area (Å²) in [5.41, 5.74) is 2.98. The minimum absolute atomic E-state index is 0.00759. The largest absolute Gasteiger partial charge is 0.345 e. The van der Waals surface area contributed by atoms with Crippen LogP contribution < -0.4 is 0 Å².